The lowest BCUT2D eigenvalue weighted by Gasteiger charge is -1.99. The summed E-state index contributed by atoms with van der Waals surface area (Å²) in [6.07, 6.45) is 0. The van der Waals surface area contributed by atoms with Gasteiger partial charge >= 0.3 is 0 Å². The summed E-state index contributed by atoms with van der Waals surface area (Å²) in [5.41, 5.74) is 10.4. The van der Waals surface area contributed by atoms with Crippen LogP contribution in [0.3, 0.4) is 0 Å². The molecule has 5 N–H and O–H groups in total. The largest absolute Gasteiger partial charge is 0.370 e. The van der Waals surface area contributed by atoms with E-state index >= 15 is 0 Å². The van der Waals surface area contributed by atoms with Gasteiger partial charge in [-0.25, -0.2) is 0 Å². The zero-order valence-corrected chi connectivity index (χ0v) is 7.02. The van der Waals surface area contributed by atoms with Crippen molar-refractivity contribution in [2.75, 3.05) is 20.1 Å². The van der Waals surface area contributed by atoms with Crippen molar-refractivity contribution in [3.8, 4) is 0 Å². The van der Waals surface area contributed by atoms with Crippen LogP contribution in [0.25, 0.3) is 0 Å². The van der Waals surface area contributed by atoms with Crippen LogP contribution in [0.15, 0.2) is 4.99 Å². The topological polar surface area (TPSA) is 76.4 Å². The first-order chi connectivity index (χ1) is 4.81. The molecule has 0 spiro atoms. The number of nitrogens with zero attached hydrogens (tertiary/aromatic N) is 1. The number of hydrogen-bond acceptors (Lipinski definition) is 2. The summed E-state index contributed by atoms with van der Waals surface area (Å²) in [5.74, 6) is 0.440. The van der Waals surface area contributed by atoms with E-state index in [4.69, 9.17) is 11.5 Å². The van der Waals surface area contributed by atoms with Gasteiger partial charge in [0.1, 0.15) is 0 Å². The average Bonchev–Trinajstić information content (AvgIpc) is 2.04. The Kier molecular flexibility index (Phi) is 13.3. The predicted molar refractivity (Wildman–Crippen MR) is 46.0 cm³/mol. The Hall–Kier alpha value is -0.770. The first kappa shape index (κ1) is 12.0. The van der Waals surface area contributed by atoms with Gasteiger partial charge in [0.25, 0.3) is 0 Å². The fraction of sp³-hybridized carbons (Fsp3) is 0.833. The molecule has 0 aromatic heterocycles. The van der Waals surface area contributed by atoms with Crippen LogP contribution in [0.1, 0.15) is 13.8 Å². The van der Waals surface area contributed by atoms with Crippen molar-refractivity contribution >= 4 is 5.96 Å². The Balaban J connectivity index is 0. The third kappa shape index (κ3) is 10.3. The Morgan fingerprint density at radius 1 is 1.50 bits per heavy atom. The molecule has 0 unspecified atom stereocenters. The smallest absolute Gasteiger partial charge is 0.188 e. The molecule has 0 rings (SSSR count). The molecule has 0 heterocycles. The number of rotatable bonds is 2. The minimum atomic E-state index is 0.440. The summed E-state index contributed by atoms with van der Waals surface area (Å²) in [5, 5.41) is 2.78. The van der Waals surface area contributed by atoms with Crippen LogP contribution in [-0.4, -0.2) is 26.1 Å². The fourth-order valence-corrected chi connectivity index (χ4v) is 0.279. The van der Waals surface area contributed by atoms with E-state index in [1.807, 2.05) is 13.8 Å². The zero-order chi connectivity index (χ0) is 8.41. The van der Waals surface area contributed by atoms with Crippen LogP contribution < -0.4 is 16.8 Å². The van der Waals surface area contributed by atoms with Gasteiger partial charge in [0.2, 0.25) is 0 Å². The molecular weight excluding hydrogens is 128 g/mol. The van der Waals surface area contributed by atoms with Crippen LogP contribution >= 0.6 is 0 Å². The highest BCUT2D eigenvalue weighted by Gasteiger charge is 1.82. The molecule has 4 heteroatoms. The molecule has 62 valence electrons. The van der Waals surface area contributed by atoms with Crippen molar-refractivity contribution in [1.82, 2.24) is 5.32 Å². The monoisotopic (exact) mass is 146 g/mol. The number of nitrogens with one attached hydrogen (secondary N) is 1. The van der Waals surface area contributed by atoms with E-state index in [2.05, 4.69) is 10.3 Å². The van der Waals surface area contributed by atoms with Crippen LogP contribution in [0.5, 0.6) is 0 Å². The summed E-state index contributed by atoms with van der Waals surface area (Å²) >= 11 is 0. The predicted octanol–water partition coefficient (Wildman–Crippen LogP) is -0.495. The van der Waals surface area contributed by atoms with Gasteiger partial charge in [0.15, 0.2) is 5.96 Å². The summed E-state index contributed by atoms with van der Waals surface area (Å²) in [7, 11) is 1.62. The van der Waals surface area contributed by atoms with Crippen molar-refractivity contribution in [3.63, 3.8) is 0 Å². The normalized spacial score (nSPS) is 9.80. The molecular formula is C6H18N4. The van der Waals surface area contributed by atoms with E-state index in [1.54, 1.807) is 7.05 Å². The van der Waals surface area contributed by atoms with E-state index in [9.17, 15) is 0 Å². The van der Waals surface area contributed by atoms with Gasteiger partial charge in [0, 0.05) is 20.1 Å². The number of guanidine groups is 1. The quantitative estimate of drug-likeness (QED) is 0.363. The number of aliphatic imine (C=N–C) groups is 1. The SMILES string of the molecule is CC.CN=C(N)NCCN. The summed E-state index contributed by atoms with van der Waals surface area (Å²) in [6, 6.07) is 0. The summed E-state index contributed by atoms with van der Waals surface area (Å²) < 4.78 is 0. The molecule has 0 saturated heterocycles. The lowest BCUT2D eigenvalue weighted by Crippen LogP contribution is -2.34. The highest BCUT2D eigenvalue weighted by Crippen LogP contribution is 1.55. The van der Waals surface area contributed by atoms with Gasteiger partial charge in [-0.1, -0.05) is 13.8 Å². The first-order valence-corrected chi connectivity index (χ1v) is 3.47. The van der Waals surface area contributed by atoms with E-state index < -0.39 is 0 Å². The Bertz CT molecular complexity index is 79.8. The van der Waals surface area contributed by atoms with E-state index in [0.717, 1.165) is 0 Å². The molecule has 0 aliphatic heterocycles. The van der Waals surface area contributed by atoms with Gasteiger partial charge in [-0.05, 0) is 0 Å². The molecule has 0 aromatic carbocycles. The highest BCUT2D eigenvalue weighted by molar-refractivity contribution is 5.77. The van der Waals surface area contributed by atoms with Gasteiger partial charge in [-0.15, -0.1) is 0 Å². The van der Waals surface area contributed by atoms with Crippen molar-refractivity contribution < 1.29 is 0 Å². The molecule has 4 nitrogen and oxygen atoms in total. The molecule has 0 aliphatic rings. The third-order valence-electron chi connectivity index (χ3n) is 0.691. The lowest BCUT2D eigenvalue weighted by atomic mass is 10.6. The Labute approximate surface area is 62.7 Å². The fourth-order valence-electron chi connectivity index (χ4n) is 0.279. The maximum atomic E-state index is 5.24. The Morgan fingerprint density at radius 3 is 2.30 bits per heavy atom. The maximum absolute atomic E-state index is 5.24. The third-order valence-corrected chi connectivity index (χ3v) is 0.691. The van der Waals surface area contributed by atoms with Crippen LogP contribution in [0, 0.1) is 0 Å². The molecule has 0 radical (unpaired) electrons. The minimum absolute atomic E-state index is 0.440. The van der Waals surface area contributed by atoms with E-state index in [-0.39, 0.29) is 0 Å². The van der Waals surface area contributed by atoms with Crippen molar-refractivity contribution in [2.45, 2.75) is 13.8 Å². The standard InChI is InChI=1S/C4H12N4.C2H6/c1-7-4(6)8-3-2-5;1-2/h2-3,5H2,1H3,(H3,6,7,8);1-2H3. The minimum Gasteiger partial charge on any atom is -0.370 e. The van der Waals surface area contributed by atoms with Gasteiger partial charge in [-0.3, -0.25) is 4.99 Å². The number of hydrogen-bond donors (Lipinski definition) is 3. The summed E-state index contributed by atoms with van der Waals surface area (Å²) in [6.45, 7) is 5.26. The van der Waals surface area contributed by atoms with Crippen LogP contribution in [0.4, 0.5) is 0 Å². The highest BCUT2D eigenvalue weighted by atomic mass is 15.1. The first-order valence-electron chi connectivity index (χ1n) is 3.47. The second kappa shape index (κ2) is 11.1. The number of nitrogens with two attached hydrogens (primary N) is 2. The van der Waals surface area contributed by atoms with E-state index in [0.29, 0.717) is 19.0 Å². The molecule has 0 bridgehead atoms. The van der Waals surface area contributed by atoms with Crippen LogP contribution in [-0.2, 0) is 0 Å². The second-order valence-corrected chi connectivity index (χ2v) is 1.32. The molecule has 0 atom stereocenters. The van der Waals surface area contributed by atoms with E-state index in [1.165, 1.54) is 0 Å². The second-order valence-electron chi connectivity index (χ2n) is 1.32. The van der Waals surface area contributed by atoms with Crippen LogP contribution in [0.2, 0.25) is 0 Å². The molecule has 0 fully saturated rings. The Morgan fingerprint density at radius 2 is 2.00 bits per heavy atom. The lowest BCUT2D eigenvalue weighted by molar-refractivity contribution is 0.866. The van der Waals surface area contributed by atoms with Crippen molar-refractivity contribution in [2.24, 2.45) is 16.5 Å². The molecule has 0 amide bonds. The molecule has 0 aromatic rings. The van der Waals surface area contributed by atoms with Crippen molar-refractivity contribution in [1.29, 1.82) is 0 Å². The molecule has 10 heavy (non-hydrogen) atoms. The zero-order valence-electron chi connectivity index (χ0n) is 7.02. The average molecular weight is 146 g/mol. The molecule has 0 aliphatic carbocycles. The van der Waals surface area contributed by atoms with Gasteiger partial charge < -0.3 is 16.8 Å². The van der Waals surface area contributed by atoms with Gasteiger partial charge in [-0.2, -0.15) is 0 Å². The maximum Gasteiger partial charge on any atom is 0.188 e. The van der Waals surface area contributed by atoms with Crippen molar-refractivity contribution in [3.05, 3.63) is 0 Å². The van der Waals surface area contributed by atoms with Gasteiger partial charge in [0.05, 0.1) is 0 Å². The summed E-state index contributed by atoms with van der Waals surface area (Å²) in [4.78, 5) is 3.65. The molecule has 0 saturated carbocycles.